The number of nitrogens with two attached hydrogens (primary N) is 3. The fourth-order valence-corrected chi connectivity index (χ4v) is 5.91. The molecular formula is C32H43F2N5S. The number of hydrogen-bond donors (Lipinski definition) is 3. The van der Waals surface area contributed by atoms with E-state index >= 15 is 0 Å². The van der Waals surface area contributed by atoms with Crippen LogP contribution in [0.3, 0.4) is 0 Å². The van der Waals surface area contributed by atoms with Gasteiger partial charge in [-0.3, -0.25) is 0 Å². The van der Waals surface area contributed by atoms with Gasteiger partial charge in [0.1, 0.15) is 5.84 Å². The van der Waals surface area contributed by atoms with Gasteiger partial charge in [0.15, 0.2) is 0 Å². The predicted octanol–water partition coefficient (Wildman–Crippen LogP) is 7.11. The van der Waals surface area contributed by atoms with Gasteiger partial charge in [-0.2, -0.15) is 0 Å². The molecule has 1 aliphatic carbocycles. The van der Waals surface area contributed by atoms with E-state index in [0.717, 1.165) is 59.9 Å². The molecule has 2 aromatic rings. The summed E-state index contributed by atoms with van der Waals surface area (Å²) in [4.78, 5) is 7.70. The van der Waals surface area contributed by atoms with E-state index in [2.05, 4.69) is 36.4 Å². The monoisotopic (exact) mass is 567 g/mol. The number of amidine groups is 1. The standard InChI is InChI=1S/C32H43F2N5S/c1-5-7-28(36)26-13-12-25(18-30(26)40-4)39(3)19-23-17-29(38-31(23)37)22-14-20(15-24(16-22)32(2,33)34)8-6-9-27(35)21-10-11-21/h12-19,21,27-28H,5-11,35-36H2,1-4H3,(H2,37,38)/b23-19-. The molecule has 0 aromatic heterocycles. The lowest BCUT2D eigenvalue weighted by Gasteiger charge is -2.20. The van der Waals surface area contributed by atoms with Crippen LogP contribution in [0.1, 0.15) is 80.7 Å². The quantitative estimate of drug-likeness (QED) is 0.224. The normalized spacial score (nSPS) is 18.1. The summed E-state index contributed by atoms with van der Waals surface area (Å²) in [6.45, 7) is 3.07. The van der Waals surface area contributed by atoms with Crippen LogP contribution in [0.4, 0.5) is 14.5 Å². The van der Waals surface area contributed by atoms with E-state index in [0.29, 0.717) is 29.4 Å². The zero-order valence-corrected chi connectivity index (χ0v) is 24.9. The van der Waals surface area contributed by atoms with Crippen molar-refractivity contribution in [3.63, 3.8) is 0 Å². The summed E-state index contributed by atoms with van der Waals surface area (Å²) < 4.78 is 28.9. The highest BCUT2D eigenvalue weighted by Crippen LogP contribution is 2.36. The van der Waals surface area contributed by atoms with Crippen molar-refractivity contribution in [3.05, 3.63) is 76.5 Å². The van der Waals surface area contributed by atoms with E-state index < -0.39 is 5.92 Å². The van der Waals surface area contributed by atoms with E-state index in [1.807, 2.05) is 30.3 Å². The topological polar surface area (TPSA) is 93.7 Å². The minimum absolute atomic E-state index is 0.0123. The highest BCUT2D eigenvalue weighted by Gasteiger charge is 2.29. The maximum atomic E-state index is 14.4. The summed E-state index contributed by atoms with van der Waals surface area (Å²) in [6.07, 6.45) is 12.7. The Bertz CT molecular complexity index is 1290. The number of rotatable bonds is 13. The fourth-order valence-electron chi connectivity index (χ4n) is 5.21. The van der Waals surface area contributed by atoms with E-state index in [1.165, 1.54) is 18.9 Å². The van der Waals surface area contributed by atoms with Gasteiger partial charge in [0, 0.05) is 59.5 Å². The van der Waals surface area contributed by atoms with Crippen molar-refractivity contribution >= 4 is 29.0 Å². The molecule has 5 nitrogen and oxygen atoms in total. The zero-order valence-electron chi connectivity index (χ0n) is 24.1. The van der Waals surface area contributed by atoms with Crippen molar-refractivity contribution in [1.82, 2.24) is 0 Å². The molecule has 0 saturated heterocycles. The minimum atomic E-state index is -2.96. The first-order chi connectivity index (χ1) is 19.0. The van der Waals surface area contributed by atoms with Crippen molar-refractivity contribution < 1.29 is 8.78 Å². The number of anilines is 1. The van der Waals surface area contributed by atoms with Gasteiger partial charge in [0.2, 0.25) is 0 Å². The third-order valence-corrected chi connectivity index (χ3v) is 8.60. The van der Waals surface area contributed by atoms with Crippen LogP contribution in [0.25, 0.3) is 5.70 Å². The van der Waals surface area contributed by atoms with Crippen molar-refractivity contribution in [2.45, 2.75) is 81.7 Å². The molecule has 2 atom stereocenters. The Morgan fingerprint density at radius 3 is 2.55 bits per heavy atom. The second-order valence-electron chi connectivity index (χ2n) is 11.2. The van der Waals surface area contributed by atoms with Crippen LogP contribution in [0, 0.1) is 5.92 Å². The molecule has 4 rings (SSSR count). The van der Waals surface area contributed by atoms with Gasteiger partial charge in [0.05, 0.1) is 5.70 Å². The predicted molar refractivity (Wildman–Crippen MR) is 166 cm³/mol. The molecule has 8 heteroatoms. The average molecular weight is 568 g/mol. The Labute approximate surface area is 242 Å². The molecule has 0 amide bonds. The molecule has 1 aliphatic heterocycles. The molecule has 2 aliphatic rings. The van der Waals surface area contributed by atoms with E-state index in [4.69, 9.17) is 17.2 Å². The molecule has 2 aromatic carbocycles. The average Bonchev–Trinajstić information content (AvgIpc) is 3.71. The summed E-state index contributed by atoms with van der Waals surface area (Å²) in [5.74, 6) is -1.96. The van der Waals surface area contributed by atoms with Crippen LogP contribution in [-0.2, 0) is 12.3 Å². The highest BCUT2D eigenvalue weighted by molar-refractivity contribution is 7.98. The van der Waals surface area contributed by atoms with E-state index in [-0.39, 0.29) is 17.6 Å². The Balaban J connectivity index is 1.56. The smallest absolute Gasteiger partial charge is 0.270 e. The minimum Gasteiger partial charge on any atom is -0.383 e. The first kappa shape index (κ1) is 30.3. The van der Waals surface area contributed by atoms with Crippen LogP contribution >= 0.6 is 11.8 Å². The van der Waals surface area contributed by atoms with E-state index in [1.54, 1.807) is 17.8 Å². The van der Waals surface area contributed by atoms with Gasteiger partial charge in [-0.05, 0) is 98.2 Å². The van der Waals surface area contributed by atoms with Crippen molar-refractivity contribution in [3.8, 4) is 0 Å². The second kappa shape index (κ2) is 12.9. The Morgan fingerprint density at radius 2 is 1.90 bits per heavy atom. The number of benzene rings is 2. The van der Waals surface area contributed by atoms with Crippen molar-refractivity contribution in [1.29, 1.82) is 0 Å². The van der Waals surface area contributed by atoms with Crippen molar-refractivity contribution in [2.24, 2.45) is 28.1 Å². The second-order valence-corrected chi connectivity index (χ2v) is 12.1. The maximum Gasteiger partial charge on any atom is 0.270 e. The zero-order chi connectivity index (χ0) is 29.0. The molecule has 1 saturated carbocycles. The van der Waals surface area contributed by atoms with Gasteiger partial charge >= 0.3 is 0 Å². The number of hydrogen-bond acceptors (Lipinski definition) is 6. The molecule has 1 heterocycles. The molecule has 0 bridgehead atoms. The molecule has 0 spiro atoms. The van der Waals surface area contributed by atoms with Gasteiger partial charge in [0.25, 0.3) is 5.92 Å². The van der Waals surface area contributed by atoms with Gasteiger partial charge in [-0.25, -0.2) is 13.8 Å². The highest BCUT2D eigenvalue weighted by atomic mass is 32.2. The molecule has 2 unspecified atom stereocenters. The van der Waals surface area contributed by atoms with Crippen molar-refractivity contribution in [2.75, 3.05) is 18.2 Å². The summed E-state index contributed by atoms with van der Waals surface area (Å²) in [6, 6.07) is 11.6. The Morgan fingerprint density at radius 1 is 1.15 bits per heavy atom. The number of halogens is 2. The number of aryl methyl sites for hydroxylation is 1. The number of thioether (sulfide) groups is 1. The van der Waals surface area contributed by atoms with Crippen LogP contribution in [0.2, 0.25) is 0 Å². The van der Waals surface area contributed by atoms with Gasteiger partial charge < -0.3 is 22.1 Å². The Kier molecular flexibility index (Phi) is 9.75. The van der Waals surface area contributed by atoms with Gasteiger partial charge in [-0.1, -0.05) is 19.4 Å². The molecule has 0 radical (unpaired) electrons. The van der Waals surface area contributed by atoms with Crippen LogP contribution < -0.4 is 22.1 Å². The molecule has 1 fully saturated rings. The third kappa shape index (κ3) is 7.53. The SMILES string of the molecule is CCCC(N)c1ccc(N(C)/C=C2/C=C(c3cc(CCCC(N)C4CC4)cc(C(C)(F)F)c3)N=C2N)cc1SC. The summed E-state index contributed by atoms with van der Waals surface area (Å²) in [5.41, 5.74) is 24.0. The lowest BCUT2D eigenvalue weighted by molar-refractivity contribution is 0.0173. The van der Waals surface area contributed by atoms with E-state index in [9.17, 15) is 8.78 Å². The summed E-state index contributed by atoms with van der Waals surface area (Å²) in [7, 11) is 1.96. The first-order valence-corrected chi connectivity index (χ1v) is 15.4. The lowest BCUT2D eigenvalue weighted by Crippen LogP contribution is -2.22. The van der Waals surface area contributed by atoms with Crippen LogP contribution in [0.5, 0.6) is 0 Å². The molecule has 40 heavy (non-hydrogen) atoms. The molecule has 216 valence electrons. The maximum absolute atomic E-state index is 14.4. The number of nitrogens with zero attached hydrogens (tertiary/aromatic N) is 2. The summed E-state index contributed by atoms with van der Waals surface area (Å²) in [5, 5.41) is 0. The number of aliphatic imine (C=N–C) groups is 1. The Hall–Kier alpha value is -2.68. The fraction of sp³-hybridized carbons (Fsp3) is 0.469. The number of alkyl halides is 2. The van der Waals surface area contributed by atoms with Gasteiger partial charge in [-0.15, -0.1) is 11.8 Å². The summed E-state index contributed by atoms with van der Waals surface area (Å²) >= 11 is 1.68. The molecular weight excluding hydrogens is 524 g/mol. The first-order valence-electron chi connectivity index (χ1n) is 14.2. The molecule has 6 N–H and O–H groups in total. The largest absolute Gasteiger partial charge is 0.383 e. The van der Waals surface area contributed by atoms with Crippen LogP contribution in [-0.4, -0.2) is 25.2 Å². The van der Waals surface area contributed by atoms with Crippen LogP contribution in [0.15, 0.2) is 64.1 Å². The lowest BCUT2D eigenvalue weighted by atomic mass is 9.96. The third-order valence-electron chi connectivity index (χ3n) is 7.81.